The molecular formula is C12H7N4. The van der Waals surface area contributed by atoms with Crippen molar-refractivity contribution >= 4 is 0 Å². The lowest BCUT2D eigenvalue weighted by Crippen LogP contribution is -1.97. The van der Waals surface area contributed by atoms with E-state index in [9.17, 15) is 0 Å². The van der Waals surface area contributed by atoms with Crippen LogP contribution in [0.3, 0.4) is 0 Å². The molecule has 0 N–H and O–H groups in total. The van der Waals surface area contributed by atoms with Crippen molar-refractivity contribution in [1.29, 1.82) is 10.5 Å². The molecule has 2 rings (SSSR count). The van der Waals surface area contributed by atoms with E-state index in [1.807, 2.05) is 0 Å². The molecule has 0 aliphatic heterocycles. The molecule has 0 spiro atoms. The topological polar surface area (TPSA) is 65.4 Å². The molecule has 75 valence electrons. The fourth-order valence-corrected chi connectivity index (χ4v) is 1.57. The summed E-state index contributed by atoms with van der Waals surface area (Å²) in [6.07, 6.45) is 2.69. The Morgan fingerprint density at radius 2 is 1.88 bits per heavy atom. The van der Waals surface area contributed by atoms with Gasteiger partial charge in [0.25, 0.3) is 0 Å². The lowest BCUT2D eigenvalue weighted by molar-refractivity contribution is 0.773. The van der Waals surface area contributed by atoms with Gasteiger partial charge in [0, 0.05) is 12.6 Å². The highest BCUT2D eigenvalue weighted by atomic mass is 15.3. The van der Waals surface area contributed by atoms with E-state index in [0.717, 1.165) is 0 Å². The molecule has 0 saturated carbocycles. The van der Waals surface area contributed by atoms with Gasteiger partial charge in [-0.15, -0.1) is 0 Å². The van der Waals surface area contributed by atoms with Crippen LogP contribution in [0.1, 0.15) is 11.1 Å². The number of hydrogen-bond donors (Lipinski definition) is 0. The molecule has 0 aliphatic carbocycles. The van der Waals surface area contributed by atoms with Crippen molar-refractivity contribution in [2.45, 2.75) is 0 Å². The summed E-state index contributed by atoms with van der Waals surface area (Å²) < 4.78 is 1.59. The first-order valence-electron chi connectivity index (χ1n) is 4.61. The molecule has 1 radical (unpaired) electrons. The van der Waals surface area contributed by atoms with Gasteiger partial charge in [0.1, 0.15) is 6.20 Å². The summed E-state index contributed by atoms with van der Waals surface area (Å²) >= 11 is 0. The largest absolute Gasteiger partial charge is 0.267 e. The smallest absolute Gasteiger partial charge is 0.113 e. The van der Waals surface area contributed by atoms with Crippen LogP contribution in [-0.2, 0) is 7.05 Å². The summed E-state index contributed by atoms with van der Waals surface area (Å²) in [4.78, 5) is 0. The molecule has 0 aliphatic rings. The van der Waals surface area contributed by atoms with E-state index in [2.05, 4.69) is 23.4 Å². The van der Waals surface area contributed by atoms with E-state index in [4.69, 9.17) is 10.5 Å². The Kier molecular flexibility index (Phi) is 2.41. The van der Waals surface area contributed by atoms with Crippen LogP contribution in [0, 0.1) is 28.9 Å². The van der Waals surface area contributed by atoms with Gasteiger partial charge >= 0.3 is 0 Å². The Bertz CT molecular complexity index is 578. The van der Waals surface area contributed by atoms with Crippen LogP contribution in [-0.4, -0.2) is 9.78 Å². The molecule has 0 fully saturated rings. The predicted octanol–water partition coefficient (Wildman–Crippen LogP) is 1.63. The first-order valence-corrected chi connectivity index (χ1v) is 4.61. The molecule has 0 unspecified atom stereocenters. The van der Waals surface area contributed by atoms with Crippen molar-refractivity contribution in [3.63, 3.8) is 0 Å². The number of hydrogen-bond acceptors (Lipinski definition) is 3. The number of aromatic nitrogens is 2. The minimum Gasteiger partial charge on any atom is -0.267 e. The molecule has 1 aromatic carbocycles. The van der Waals surface area contributed by atoms with Crippen molar-refractivity contribution in [3.8, 4) is 23.4 Å². The summed E-state index contributed by atoms with van der Waals surface area (Å²) in [6, 6.07) is 10.9. The summed E-state index contributed by atoms with van der Waals surface area (Å²) in [5.74, 6) is 0. The van der Waals surface area contributed by atoms with Gasteiger partial charge in [0.05, 0.1) is 29.0 Å². The van der Waals surface area contributed by atoms with E-state index in [1.165, 1.54) is 0 Å². The summed E-state index contributed by atoms with van der Waals surface area (Å²) in [5.41, 5.74) is 2.27. The second-order valence-electron chi connectivity index (χ2n) is 3.23. The highest BCUT2D eigenvalue weighted by Gasteiger charge is 2.13. The second-order valence-corrected chi connectivity index (χ2v) is 3.23. The fraction of sp³-hybridized carbons (Fsp3) is 0.0833. The minimum atomic E-state index is 0.469. The summed E-state index contributed by atoms with van der Waals surface area (Å²) in [6.45, 7) is 0. The quantitative estimate of drug-likeness (QED) is 0.713. The van der Waals surface area contributed by atoms with Crippen molar-refractivity contribution in [3.05, 3.63) is 41.6 Å². The zero-order valence-corrected chi connectivity index (χ0v) is 8.60. The average molecular weight is 207 g/mol. The zero-order chi connectivity index (χ0) is 11.5. The van der Waals surface area contributed by atoms with E-state index < -0.39 is 0 Å². The first kappa shape index (κ1) is 9.95. The molecule has 2 aromatic rings. The lowest BCUT2D eigenvalue weighted by Gasteiger charge is -2.06. The highest BCUT2D eigenvalue weighted by molar-refractivity contribution is 5.74. The molecule has 1 aromatic heterocycles. The molecule has 1 heterocycles. The third-order valence-electron chi connectivity index (χ3n) is 2.32. The van der Waals surface area contributed by atoms with E-state index in [0.29, 0.717) is 22.4 Å². The van der Waals surface area contributed by atoms with Crippen molar-refractivity contribution in [1.82, 2.24) is 9.78 Å². The normalized spacial score (nSPS) is 9.44. The van der Waals surface area contributed by atoms with Crippen LogP contribution in [0.2, 0.25) is 0 Å². The van der Waals surface area contributed by atoms with Gasteiger partial charge in [-0.3, -0.25) is 4.68 Å². The average Bonchev–Trinajstić information content (AvgIpc) is 2.74. The highest BCUT2D eigenvalue weighted by Crippen LogP contribution is 2.26. The molecule has 0 atom stereocenters. The summed E-state index contributed by atoms with van der Waals surface area (Å²) in [7, 11) is 1.75. The van der Waals surface area contributed by atoms with Gasteiger partial charge in [-0.05, 0) is 18.2 Å². The monoisotopic (exact) mass is 207 g/mol. The predicted molar refractivity (Wildman–Crippen MR) is 56.9 cm³/mol. The van der Waals surface area contributed by atoms with Gasteiger partial charge < -0.3 is 0 Å². The lowest BCUT2D eigenvalue weighted by atomic mass is 9.99. The Morgan fingerprint density at radius 3 is 2.31 bits per heavy atom. The fourth-order valence-electron chi connectivity index (χ4n) is 1.57. The molecule has 16 heavy (non-hydrogen) atoms. The Morgan fingerprint density at radius 1 is 1.25 bits per heavy atom. The molecule has 4 nitrogen and oxygen atoms in total. The van der Waals surface area contributed by atoms with Gasteiger partial charge in [-0.2, -0.15) is 15.6 Å². The van der Waals surface area contributed by atoms with Crippen LogP contribution in [0.4, 0.5) is 0 Å². The van der Waals surface area contributed by atoms with Gasteiger partial charge in [-0.25, -0.2) is 0 Å². The number of nitrogens with zero attached hydrogens (tertiary/aromatic N) is 4. The van der Waals surface area contributed by atoms with E-state index in [-0.39, 0.29) is 0 Å². The Balaban J connectivity index is 2.79. The van der Waals surface area contributed by atoms with Crippen molar-refractivity contribution in [2.75, 3.05) is 0 Å². The van der Waals surface area contributed by atoms with E-state index in [1.54, 1.807) is 36.0 Å². The van der Waals surface area contributed by atoms with Crippen LogP contribution in [0.5, 0.6) is 0 Å². The SMILES string of the molecule is Cn1n[c]cc1-c1c(C#N)cccc1C#N. The number of benzene rings is 1. The minimum absolute atomic E-state index is 0.469. The van der Waals surface area contributed by atoms with Gasteiger partial charge in [-0.1, -0.05) is 6.07 Å². The maximum Gasteiger partial charge on any atom is 0.113 e. The zero-order valence-electron chi connectivity index (χ0n) is 8.60. The van der Waals surface area contributed by atoms with E-state index >= 15 is 0 Å². The molecular weight excluding hydrogens is 200 g/mol. The second kappa shape index (κ2) is 3.88. The number of rotatable bonds is 1. The van der Waals surface area contributed by atoms with Crippen molar-refractivity contribution < 1.29 is 0 Å². The first-order chi connectivity index (χ1) is 7.77. The summed E-state index contributed by atoms with van der Waals surface area (Å²) in [5, 5.41) is 22.0. The van der Waals surface area contributed by atoms with Crippen LogP contribution < -0.4 is 0 Å². The number of aryl methyl sites for hydroxylation is 1. The van der Waals surface area contributed by atoms with Crippen molar-refractivity contribution in [2.24, 2.45) is 7.05 Å². The Hall–Kier alpha value is -2.59. The van der Waals surface area contributed by atoms with Crippen LogP contribution >= 0.6 is 0 Å². The molecule has 0 bridgehead atoms. The van der Waals surface area contributed by atoms with Gasteiger partial charge in [0.2, 0.25) is 0 Å². The maximum atomic E-state index is 9.03. The van der Waals surface area contributed by atoms with Gasteiger partial charge in [0.15, 0.2) is 0 Å². The standard InChI is InChI=1S/C12H7N4/c1-16-11(5-6-15-16)12-9(7-13)3-2-4-10(12)8-14/h2-5H,1H3. The Labute approximate surface area is 93.0 Å². The van der Waals surface area contributed by atoms with Crippen LogP contribution in [0.25, 0.3) is 11.3 Å². The third-order valence-corrected chi connectivity index (χ3v) is 2.32. The molecule has 4 heteroatoms. The molecule has 0 amide bonds. The maximum absolute atomic E-state index is 9.03. The molecule has 0 saturated heterocycles. The van der Waals surface area contributed by atoms with Crippen LogP contribution in [0.15, 0.2) is 24.3 Å². The number of nitriles is 2. The third kappa shape index (κ3) is 1.43.